The molecule has 0 spiro atoms. The van der Waals surface area contributed by atoms with Crippen molar-refractivity contribution >= 4 is 28.9 Å². The van der Waals surface area contributed by atoms with Crippen LogP contribution in [0.25, 0.3) is 0 Å². The summed E-state index contributed by atoms with van der Waals surface area (Å²) >= 11 is 1.46. The van der Waals surface area contributed by atoms with E-state index in [9.17, 15) is 14.7 Å². The number of carboxylic acids is 1. The van der Waals surface area contributed by atoms with Crippen molar-refractivity contribution in [3.05, 3.63) is 51.2 Å². The Morgan fingerprint density at radius 1 is 1.14 bits per heavy atom. The van der Waals surface area contributed by atoms with Gasteiger partial charge in [0.15, 0.2) is 0 Å². The highest BCUT2D eigenvalue weighted by Gasteiger charge is 2.29. The lowest BCUT2D eigenvalue weighted by Gasteiger charge is -2.19. The molecule has 1 amide bonds. The van der Waals surface area contributed by atoms with E-state index >= 15 is 0 Å². The molecule has 1 aromatic heterocycles. The van der Waals surface area contributed by atoms with E-state index in [4.69, 9.17) is 0 Å². The van der Waals surface area contributed by atoms with Crippen LogP contribution in [0.4, 0.5) is 5.69 Å². The number of rotatable bonds is 4. The molecule has 0 atom stereocenters. The predicted octanol–water partition coefficient (Wildman–Crippen LogP) is 3.98. The quantitative estimate of drug-likeness (QED) is 0.896. The molecule has 0 saturated heterocycles. The number of amides is 1. The van der Waals surface area contributed by atoms with Crippen LogP contribution >= 0.6 is 11.3 Å². The predicted molar refractivity (Wildman–Crippen MR) is 88.9 cm³/mol. The van der Waals surface area contributed by atoms with Gasteiger partial charge in [0.2, 0.25) is 0 Å². The van der Waals surface area contributed by atoms with Gasteiger partial charge in [0.25, 0.3) is 5.91 Å². The van der Waals surface area contributed by atoms with Crippen LogP contribution in [-0.2, 0) is 10.2 Å². The second-order valence-electron chi connectivity index (χ2n) is 5.81. The van der Waals surface area contributed by atoms with Crippen molar-refractivity contribution in [1.29, 1.82) is 0 Å². The minimum Gasteiger partial charge on any atom is -0.481 e. The van der Waals surface area contributed by atoms with Crippen LogP contribution in [0, 0.1) is 13.8 Å². The molecule has 0 fully saturated rings. The van der Waals surface area contributed by atoms with E-state index in [2.05, 4.69) is 5.32 Å². The van der Waals surface area contributed by atoms with E-state index in [1.807, 2.05) is 19.9 Å². The Morgan fingerprint density at radius 3 is 2.18 bits per heavy atom. The fraction of sp³-hybridized carbons (Fsp3) is 0.294. The van der Waals surface area contributed by atoms with E-state index in [1.165, 1.54) is 11.3 Å². The smallest absolute Gasteiger partial charge is 0.313 e. The molecule has 2 aromatic rings. The number of aryl methyl sites for hydroxylation is 2. The lowest BCUT2D eigenvalue weighted by atomic mass is 9.85. The normalized spacial score (nSPS) is 11.3. The minimum absolute atomic E-state index is 0.147. The zero-order valence-corrected chi connectivity index (χ0v) is 13.9. The Hall–Kier alpha value is -2.14. The van der Waals surface area contributed by atoms with Crippen LogP contribution in [0.15, 0.2) is 30.3 Å². The maximum Gasteiger partial charge on any atom is 0.313 e. The second-order valence-corrected chi connectivity index (χ2v) is 7.07. The topological polar surface area (TPSA) is 66.4 Å². The molecule has 1 heterocycles. The van der Waals surface area contributed by atoms with Crippen molar-refractivity contribution in [2.24, 2.45) is 0 Å². The van der Waals surface area contributed by atoms with Crippen LogP contribution in [0.2, 0.25) is 0 Å². The molecule has 0 saturated carbocycles. The molecule has 0 aliphatic carbocycles. The van der Waals surface area contributed by atoms with Gasteiger partial charge in [-0.05, 0) is 57.0 Å². The maximum absolute atomic E-state index is 12.2. The molecule has 22 heavy (non-hydrogen) atoms. The Kier molecular flexibility index (Phi) is 4.37. The number of anilines is 1. The summed E-state index contributed by atoms with van der Waals surface area (Å²) in [5.74, 6) is -1.03. The molecule has 116 valence electrons. The summed E-state index contributed by atoms with van der Waals surface area (Å²) in [5.41, 5.74) is 1.50. The minimum atomic E-state index is -0.954. The highest BCUT2D eigenvalue weighted by Crippen LogP contribution is 2.26. The number of carbonyl (C=O) groups is 2. The molecule has 2 rings (SSSR count). The van der Waals surface area contributed by atoms with E-state index in [1.54, 1.807) is 38.1 Å². The monoisotopic (exact) mass is 317 g/mol. The van der Waals surface area contributed by atoms with Gasteiger partial charge in [-0.1, -0.05) is 12.1 Å². The number of carboxylic acid groups (broad SMARTS) is 1. The number of hydrogen-bond acceptors (Lipinski definition) is 3. The van der Waals surface area contributed by atoms with Crippen molar-refractivity contribution in [2.75, 3.05) is 5.32 Å². The number of hydrogen-bond donors (Lipinski definition) is 2. The lowest BCUT2D eigenvalue weighted by Crippen LogP contribution is -2.28. The number of benzene rings is 1. The summed E-state index contributed by atoms with van der Waals surface area (Å²) in [5, 5.41) is 12.0. The van der Waals surface area contributed by atoms with Crippen molar-refractivity contribution in [3.63, 3.8) is 0 Å². The van der Waals surface area contributed by atoms with Crippen molar-refractivity contribution in [2.45, 2.75) is 33.1 Å². The molecule has 0 aliphatic heterocycles. The number of aliphatic carboxylic acids is 1. The molecule has 0 aliphatic rings. The van der Waals surface area contributed by atoms with Crippen LogP contribution in [-0.4, -0.2) is 17.0 Å². The average molecular weight is 317 g/mol. The second kappa shape index (κ2) is 5.93. The van der Waals surface area contributed by atoms with E-state index in [-0.39, 0.29) is 5.91 Å². The molecule has 2 N–H and O–H groups in total. The summed E-state index contributed by atoms with van der Waals surface area (Å²) in [7, 11) is 0. The lowest BCUT2D eigenvalue weighted by molar-refractivity contribution is -0.142. The SMILES string of the molecule is Cc1cc(C(=O)Nc2ccc(C(C)(C)C(=O)O)cc2)sc1C. The molecule has 0 bridgehead atoms. The first-order valence-electron chi connectivity index (χ1n) is 6.94. The van der Waals surface area contributed by atoms with E-state index < -0.39 is 11.4 Å². The van der Waals surface area contributed by atoms with Gasteiger partial charge < -0.3 is 10.4 Å². The summed E-state index contributed by atoms with van der Waals surface area (Å²) in [6, 6.07) is 8.79. The summed E-state index contributed by atoms with van der Waals surface area (Å²) < 4.78 is 0. The third kappa shape index (κ3) is 3.20. The summed E-state index contributed by atoms with van der Waals surface area (Å²) in [6.45, 7) is 7.27. The largest absolute Gasteiger partial charge is 0.481 e. The van der Waals surface area contributed by atoms with Crippen LogP contribution < -0.4 is 5.32 Å². The first kappa shape index (κ1) is 16.2. The maximum atomic E-state index is 12.2. The summed E-state index contributed by atoms with van der Waals surface area (Å²) in [6.07, 6.45) is 0. The highest BCUT2D eigenvalue weighted by atomic mass is 32.1. The molecular formula is C17H19NO3S. The van der Waals surface area contributed by atoms with Gasteiger partial charge in [0, 0.05) is 10.6 Å². The Balaban J connectivity index is 2.15. The molecule has 0 radical (unpaired) electrons. The first-order chi connectivity index (χ1) is 10.2. The van der Waals surface area contributed by atoms with Gasteiger partial charge in [-0.25, -0.2) is 0 Å². The van der Waals surface area contributed by atoms with Crippen molar-refractivity contribution in [3.8, 4) is 0 Å². The Morgan fingerprint density at radius 2 is 1.73 bits per heavy atom. The van der Waals surface area contributed by atoms with E-state index in [0.29, 0.717) is 16.1 Å². The number of nitrogens with one attached hydrogen (secondary N) is 1. The fourth-order valence-electron chi connectivity index (χ4n) is 1.97. The molecule has 0 unspecified atom stereocenters. The zero-order chi connectivity index (χ0) is 16.5. The third-order valence-electron chi connectivity index (χ3n) is 3.79. The fourth-order valence-corrected chi connectivity index (χ4v) is 2.90. The van der Waals surface area contributed by atoms with Crippen molar-refractivity contribution in [1.82, 2.24) is 0 Å². The molecule has 1 aromatic carbocycles. The zero-order valence-electron chi connectivity index (χ0n) is 13.1. The first-order valence-corrected chi connectivity index (χ1v) is 7.76. The average Bonchev–Trinajstić information content (AvgIpc) is 2.79. The molecular weight excluding hydrogens is 298 g/mol. The Bertz CT molecular complexity index is 695. The van der Waals surface area contributed by atoms with Gasteiger partial charge in [-0.15, -0.1) is 11.3 Å². The third-order valence-corrected chi connectivity index (χ3v) is 4.94. The number of thiophene rings is 1. The Labute approximate surface area is 133 Å². The molecule has 5 heteroatoms. The summed E-state index contributed by atoms with van der Waals surface area (Å²) in [4.78, 5) is 25.2. The standard InChI is InChI=1S/C17H19NO3S/c1-10-9-14(22-11(10)2)15(19)18-13-7-5-12(6-8-13)17(3,4)16(20)21/h5-9H,1-4H3,(H,18,19)(H,20,21). The van der Waals surface area contributed by atoms with Crippen LogP contribution in [0.1, 0.15) is 39.5 Å². The van der Waals surface area contributed by atoms with Crippen molar-refractivity contribution < 1.29 is 14.7 Å². The van der Waals surface area contributed by atoms with Gasteiger partial charge in [-0.2, -0.15) is 0 Å². The van der Waals surface area contributed by atoms with Gasteiger partial charge in [0.05, 0.1) is 10.3 Å². The van der Waals surface area contributed by atoms with E-state index in [0.717, 1.165) is 10.4 Å². The number of carbonyl (C=O) groups excluding carboxylic acids is 1. The van der Waals surface area contributed by atoms with Gasteiger partial charge in [0.1, 0.15) is 0 Å². The van der Waals surface area contributed by atoms with Crippen LogP contribution in [0.3, 0.4) is 0 Å². The molecule has 4 nitrogen and oxygen atoms in total. The van der Waals surface area contributed by atoms with Crippen LogP contribution in [0.5, 0.6) is 0 Å². The van der Waals surface area contributed by atoms with Gasteiger partial charge >= 0.3 is 5.97 Å². The van der Waals surface area contributed by atoms with Gasteiger partial charge in [-0.3, -0.25) is 9.59 Å². The highest BCUT2D eigenvalue weighted by molar-refractivity contribution is 7.14.